The van der Waals surface area contributed by atoms with E-state index in [1.807, 2.05) is 19.1 Å². The van der Waals surface area contributed by atoms with Crippen molar-refractivity contribution in [1.82, 2.24) is 5.32 Å². The molecule has 2 aromatic rings. The van der Waals surface area contributed by atoms with Crippen molar-refractivity contribution in [3.8, 4) is 0 Å². The molecule has 7 heteroatoms. The van der Waals surface area contributed by atoms with Crippen LogP contribution < -0.4 is 21.7 Å². The molecule has 1 unspecified atom stereocenters. The number of carbonyl (C=O) groups excluding carboxylic acids is 3. The van der Waals surface area contributed by atoms with Crippen LogP contribution in [0.25, 0.3) is 6.08 Å². The van der Waals surface area contributed by atoms with Crippen LogP contribution in [0.3, 0.4) is 0 Å². The lowest BCUT2D eigenvalue weighted by Gasteiger charge is -2.13. The molecule has 0 aliphatic carbocycles. The van der Waals surface area contributed by atoms with Gasteiger partial charge in [-0.05, 0) is 48.4 Å². The number of primary amides is 1. The van der Waals surface area contributed by atoms with Crippen LogP contribution in [0.2, 0.25) is 0 Å². The van der Waals surface area contributed by atoms with Gasteiger partial charge < -0.3 is 21.7 Å². The minimum absolute atomic E-state index is 0.134. The highest BCUT2D eigenvalue weighted by Crippen LogP contribution is 2.16. The molecule has 0 bridgehead atoms. The van der Waals surface area contributed by atoms with Crippen LogP contribution in [0.15, 0.2) is 54.6 Å². The predicted octanol–water partition coefficient (Wildman–Crippen LogP) is 3.03. The standard InChI is InChI=1S/C20H22N4O3/c1-13(16-6-10-18(11-7-16)24-20(21)27)22-19(26)12-5-15-3-8-17(9-4-15)23-14(2)25/h3-13H,1-2H3,(H,22,26)(H,23,25)(H3,21,24,27). The van der Waals surface area contributed by atoms with Crippen molar-refractivity contribution in [3.05, 3.63) is 65.7 Å². The van der Waals surface area contributed by atoms with Crippen LogP contribution in [0.4, 0.5) is 16.2 Å². The second-order valence-corrected chi connectivity index (χ2v) is 5.98. The Balaban J connectivity index is 1.91. The molecule has 0 fully saturated rings. The normalized spacial score (nSPS) is 11.6. The maximum absolute atomic E-state index is 12.1. The smallest absolute Gasteiger partial charge is 0.316 e. The molecule has 27 heavy (non-hydrogen) atoms. The monoisotopic (exact) mass is 366 g/mol. The fourth-order valence-corrected chi connectivity index (χ4v) is 2.39. The zero-order valence-electron chi connectivity index (χ0n) is 15.2. The summed E-state index contributed by atoms with van der Waals surface area (Å²) in [5, 5.41) is 8.03. The number of benzene rings is 2. The lowest BCUT2D eigenvalue weighted by atomic mass is 10.1. The summed E-state index contributed by atoms with van der Waals surface area (Å²) in [5.41, 5.74) is 8.09. The maximum atomic E-state index is 12.1. The largest absolute Gasteiger partial charge is 0.351 e. The second kappa shape index (κ2) is 9.19. The summed E-state index contributed by atoms with van der Waals surface area (Å²) in [6, 6.07) is 13.4. The summed E-state index contributed by atoms with van der Waals surface area (Å²) in [6.07, 6.45) is 3.15. The van der Waals surface area contributed by atoms with Gasteiger partial charge in [-0.15, -0.1) is 0 Å². The minimum atomic E-state index is -0.626. The first-order valence-corrected chi connectivity index (χ1v) is 8.36. The van der Waals surface area contributed by atoms with Gasteiger partial charge >= 0.3 is 6.03 Å². The van der Waals surface area contributed by atoms with Crippen LogP contribution in [0.1, 0.15) is 31.0 Å². The number of rotatable bonds is 6. The topological polar surface area (TPSA) is 113 Å². The summed E-state index contributed by atoms with van der Waals surface area (Å²) in [5.74, 6) is -0.363. The van der Waals surface area contributed by atoms with E-state index >= 15 is 0 Å². The van der Waals surface area contributed by atoms with Crippen molar-refractivity contribution in [1.29, 1.82) is 0 Å². The zero-order valence-corrected chi connectivity index (χ0v) is 15.2. The molecular formula is C20H22N4O3. The van der Waals surface area contributed by atoms with Crippen molar-refractivity contribution in [2.75, 3.05) is 10.6 Å². The van der Waals surface area contributed by atoms with E-state index in [0.717, 1.165) is 11.1 Å². The van der Waals surface area contributed by atoms with E-state index in [2.05, 4.69) is 16.0 Å². The van der Waals surface area contributed by atoms with Gasteiger partial charge in [0.15, 0.2) is 0 Å². The number of nitrogens with one attached hydrogen (secondary N) is 3. The molecule has 2 rings (SSSR count). The van der Waals surface area contributed by atoms with Gasteiger partial charge in [0, 0.05) is 24.4 Å². The van der Waals surface area contributed by atoms with Crippen molar-refractivity contribution >= 4 is 35.3 Å². The molecule has 0 saturated carbocycles. The molecule has 1 atom stereocenters. The number of amides is 4. The lowest BCUT2D eigenvalue weighted by Crippen LogP contribution is -2.24. The molecule has 0 radical (unpaired) electrons. The summed E-state index contributed by atoms with van der Waals surface area (Å²) in [6.45, 7) is 3.31. The van der Waals surface area contributed by atoms with Crippen molar-refractivity contribution < 1.29 is 14.4 Å². The Morgan fingerprint density at radius 3 is 2.04 bits per heavy atom. The number of urea groups is 1. The van der Waals surface area contributed by atoms with Gasteiger partial charge in [0.2, 0.25) is 11.8 Å². The van der Waals surface area contributed by atoms with Gasteiger partial charge in [-0.3, -0.25) is 9.59 Å². The van der Waals surface area contributed by atoms with Crippen LogP contribution in [-0.2, 0) is 9.59 Å². The van der Waals surface area contributed by atoms with Gasteiger partial charge in [0.25, 0.3) is 0 Å². The van der Waals surface area contributed by atoms with Crippen LogP contribution in [0.5, 0.6) is 0 Å². The van der Waals surface area contributed by atoms with Gasteiger partial charge in [-0.2, -0.15) is 0 Å². The molecule has 0 spiro atoms. The Hall–Kier alpha value is -3.61. The third-order valence-electron chi connectivity index (χ3n) is 3.70. The quantitative estimate of drug-likeness (QED) is 0.589. The Morgan fingerprint density at radius 2 is 1.48 bits per heavy atom. The minimum Gasteiger partial charge on any atom is -0.351 e. The molecule has 0 saturated heterocycles. The average Bonchev–Trinajstić information content (AvgIpc) is 2.60. The first-order valence-electron chi connectivity index (χ1n) is 8.36. The van der Waals surface area contributed by atoms with Gasteiger partial charge in [0.1, 0.15) is 0 Å². The molecule has 0 aliphatic rings. The van der Waals surface area contributed by atoms with E-state index in [1.54, 1.807) is 42.5 Å². The summed E-state index contributed by atoms with van der Waals surface area (Å²) in [7, 11) is 0. The summed E-state index contributed by atoms with van der Waals surface area (Å²) in [4.78, 5) is 33.9. The van der Waals surface area contributed by atoms with E-state index in [1.165, 1.54) is 13.0 Å². The summed E-state index contributed by atoms with van der Waals surface area (Å²) < 4.78 is 0. The Kier molecular flexibility index (Phi) is 6.71. The number of anilines is 2. The Labute approximate surface area is 157 Å². The van der Waals surface area contributed by atoms with Crippen LogP contribution in [-0.4, -0.2) is 17.8 Å². The molecule has 0 aromatic heterocycles. The fourth-order valence-electron chi connectivity index (χ4n) is 2.39. The summed E-state index contributed by atoms with van der Waals surface area (Å²) >= 11 is 0. The van der Waals surface area contributed by atoms with Gasteiger partial charge in [-0.1, -0.05) is 24.3 Å². The molecule has 140 valence electrons. The third kappa shape index (κ3) is 6.66. The molecule has 5 N–H and O–H groups in total. The maximum Gasteiger partial charge on any atom is 0.316 e. The van der Waals surface area contributed by atoms with Gasteiger partial charge in [0.05, 0.1) is 6.04 Å². The zero-order chi connectivity index (χ0) is 19.8. The van der Waals surface area contributed by atoms with E-state index < -0.39 is 6.03 Å². The average molecular weight is 366 g/mol. The van der Waals surface area contributed by atoms with Gasteiger partial charge in [-0.25, -0.2) is 4.79 Å². The predicted molar refractivity (Wildman–Crippen MR) is 106 cm³/mol. The Bertz CT molecular complexity index is 843. The van der Waals surface area contributed by atoms with Crippen LogP contribution in [0, 0.1) is 0 Å². The first-order chi connectivity index (χ1) is 12.8. The highest BCUT2D eigenvalue weighted by atomic mass is 16.2. The SMILES string of the molecule is CC(=O)Nc1ccc(C=CC(=O)NC(C)c2ccc(NC(N)=O)cc2)cc1. The molecule has 2 aromatic carbocycles. The number of carbonyl (C=O) groups is 3. The third-order valence-corrected chi connectivity index (χ3v) is 3.70. The van der Waals surface area contributed by atoms with E-state index in [-0.39, 0.29) is 17.9 Å². The number of hydrogen-bond donors (Lipinski definition) is 4. The number of nitrogens with two attached hydrogens (primary N) is 1. The fraction of sp³-hybridized carbons (Fsp3) is 0.150. The molecule has 7 nitrogen and oxygen atoms in total. The van der Waals surface area contributed by atoms with E-state index in [4.69, 9.17) is 5.73 Å². The highest BCUT2D eigenvalue weighted by Gasteiger charge is 2.08. The van der Waals surface area contributed by atoms with Crippen molar-refractivity contribution in [3.63, 3.8) is 0 Å². The molecular weight excluding hydrogens is 344 g/mol. The van der Waals surface area contributed by atoms with E-state index in [9.17, 15) is 14.4 Å². The molecule has 4 amide bonds. The Morgan fingerprint density at radius 1 is 0.926 bits per heavy atom. The second-order valence-electron chi connectivity index (χ2n) is 5.98. The van der Waals surface area contributed by atoms with Crippen molar-refractivity contribution in [2.45, 2.75) is 19.9 Å². The van der Waals surface area contributed by atoms with Crippen molar-refractivity contribution in [2.24, 2.45) is 5.73 Å². The highest BCUT2D eigenvalue weighted by molar-refractivity contribution is 5.92. The van der Waals surface area contributed by atoms with E-state index in [0.29, 0.717) is 11.4 Å². The molecule has 0 aliphatic heterocycles. The number of hydrogen-bond acceptors (Lipinski definition) is 3. The molecule has 0 heterocycles. The van der Waals surface area contributed by atoms with Crippen LogP contribution >= 0.6 is 0 Å². The lowest BCUT2D eigenvalue weighted by molar-refractivity contribution is -0.117. The first kappa shape index (κ1) is 19.7.